The smallest absolute Gasteiger partial charge is 0.119 e. The van der Waals surface area contributed by atoms with Crippen molar-refractivity contribution < 1.29 is 9.84 Å². The van der Waals surface area contributed by atoms with E-state index in [0.717, 1.165) is 22.4 Å². The van der Waals surface area contributed by atoms with Gasteiger partial charge in [-0.2, -0.15) is 0 Å². The molecule has 0 fully saturated rings. The molecule has 1 unspecified atom stereocenters. The average molecular weight is 228 g/mol. The van der Waals surface area contributed by atoms with Crippen molar-refractivity contribution in [3.63, 3.8) is 0 Å². The molecule has 2 rings (SSSR count). The van der Waals surface area contributed by atoms with Crippen LogP contribution in [-0.4, -0.2) is 12.2 Å². The van der Waals surface area contributed by atoms with E-state index >= 15 is 0 Å². The summed E-state index contributed by atoms with van der Waals surface area (Å²) in [5.41, 5.74) is 2.89. The SMILES string of the molecule is COc1cccc(C(O)c2cccc(C)c2)c1. The molecule has 2 aromatic carbocycles. The van der Waals surface area contributed by atoms with Gasteiger partial charge in [0, 0.05) is 0 Å². The van der Waals surface area contributed by atoms with Crippen molar-refractivity contribution in [2.75, 3.05) is 7.11 Å². The molecule has 0 spiro atoms. The predicted molar refractivity (Wildman–Crippen MR) is 68.2 cm³/mol. The maximum absolute atomic E-state index is 10.3. The summed E-state index contributed by atoms with van der Waals surface area (Å²) < 4.78 is 5.15. The molecule has 0 amide bonds. The van der Waals surface area contributed by atoms with Gasteiger partial charge in [0.2, 0.25) is 0 Å². The van der Waals surface area contributed by atoms with E-state index in [0.29, 0.717) is 0 Å². The Balaban J connectivity index is 2.33. The van der Waals surface area contributed by atoms with Gasteiger partial charge in [-0.3, -0.25) is 0 Å². The van der Waals surface area contributed by atoms with Gasteiger partial charge in [-0.05, 0) is 30.2 Å². The summed E-state index contributed by atoms with van der Waals surface area (Å²) in [6, 6.07) is 15.4. The zero-order chi connectivity index (χ0) is 12.3. The Labute approximate surface area is 101 Å². The molecule has 2 nitrogen and oxygen atoms in total. The van der Waals surface area contributed by atoms with E-state index in [1.165, 1.54) is 0 Å². The van der Waals surface area contributed by atoms with Gasteiger partial charge in [0.1, 0.15) is 11.9 Å². The molecule has 0 bridgehead atoms. The molecule has 0 radical (unpaired) electrons. The molecule has 17 heavy (non-hydrogen) atoms. The molecule has 0 aliphatic heterocycles. The van der Waals surface area contributed by atoms with Gasteiger partial charge in [0.05, 0.1) is 7.11 Å². The maximum Gasteiger partial charge on any atom is 0.119 e. The summed E-state index contributed by atoms with van der Waals surface area (Å²) in [4.78, 5) is 0. The second kappa shape index (κ2) is 5.02. The number of methoxy groups -OCH3 is 1. The van der Waals surface area contributed by atoms with Crippen LogP contribution in [0.4, 0.5) is 0 Å². The highest BCUT2D eigenvalue weighted by molar-refractivity contribution is 5.36. The monoisotopic (exact) mass is 228 g/mol. The van der Waals surface area contributed by atoms with E-state index in [4.69, 9.17) is 4.74 Å². The fraction of sp³-hybridized carbons (Fsp3) is 0.200. The molecule has 0 aliphatic carbocycles. The zero-order valence-electron chi connectivity index (χ0n) is 10.1. The van der Waals surface area contributed by atoms with Gasteiger partial charge in [-0.15, -0.1) is 0 Å². The first-order valence-corrected chi connectivity index (χ1v) is 5.59. The number of aliphatic hydroxyl groups is 1. The van der Waals surface area contributed by atoms with Gasteiger partial charge in [-0.1, -0.05) is 42.0 Å². The van der Waals surface area contributed by atoms with Gasteiger partial charge in [0.15, 0.2) is 0 Å². The lowest BCUT2D eigenvalue weighted by molar-refractivity contribution is 0.219. The van der Waals surface area contributed by atoms with E-state index in [2.05, 4.69) is 0 Å². The standard InChI is InChI=1S/C15H16O2/c1-11-5-3-6-12(9-11)15(16)13-7-4-8-14(10-13)17-2/h3-10,15-16H,1-2H3. The molecule has 0 saturated heterocycles. The van der Waals surface area contributed by atoms with Crippen molar-refractivity contribution in [3.8, 4) is 5.75 Å². The summed E-state index contributed by atoms with van der Waals surface area (Å²) in [5.74, 6) is 0.759. The first-order chi connectivity index (χ1) is 8.20. The number of aryl methyl sites for hydroxylation is 1. The molecule has 1 atom stereocenters. The van der Waals surface area contributed by atoms with Crippen molar-refractivity contribution in [1.82, 2.24) is 0 Å². The first-order valence-electron chi connectivity index (χ1n) is 5.59. The maximum atomic E-state index is 10.3. The van der Waals surface area contributed by atoms with Crippen molar-refractivity contribution in [2.24, 2.45) is 0 Å². The van der Waals surface area contributed by atoms with Gasteiger partial charge < -0.3 is 9.84 Å². The Bertz CT molecular complexity index is 506. The van der Waals surface area contributed by atoms with Crippen LogP contribution in [0, 0.1) is 6.92 Å². The van der Waals surface area contributed by atoms with Crippen LogP contribution in [0.2, 0.25) is 0 Å². The van der Waals surface area contributed by atoms with Crippen molar-refractivity contribution >= 4 is 0 Å². The number of rotatable bonds is 3. The summed E-state index contributed by atoms with van der Waals surface area (Å²) in [6.07, 6.45) is -0.606. The first kappa shape index (κ1) is 11.7. The largest absolute Gasteiger partial charge is 0.497 e. The third-order valence-corrected chi connectivity index (χ3v) is 2.77. The van der Waals surface area contributed by atoms with E-state index in [1.54, 1.807) is 7.11 Å². The normalized spacial score (nSPS) is 12.2. The topological polar surface area (TPSA) is 29.5 Å². The van der Waals surface area contributed by atoms with Crippen LogP contribution in [0.1, 0.15) is 22.8 Å². The molecule has 0 aliphatic rings. The van der Waals surface area contributed by atoms with E-state index < -0.39 is 6.10 Å². The van der Waals surface area contributed by atoms with Crippen LogP contribution >= 0.6 is 0 Å². The molecule has 0 aromatic heterocycles. The highest BCUT2D eigenvalue weighted by atomic mass is 16.5. The van der Waals surface area contributed by atoms with Crippen LogP contribution in [0.3, 0.4) is 0 Å². The number of hydrogen-bond acceptors (Lipinski definition) is 2. The van der Waals surface area contributed by atoms with Crippen molar-refractivity contribution in [1.29, 1.82) is 0 Å². The van der Waals surface area contributed by atoms with Crippen LogP contribution in [-0.2, 0) is 0 Å². The van der Waals surface area contributed by atoms with Crippen LogP contribution in [0.5, 0.6) is 5.75 Å². The summed E-state index contributed by atoms with van der Waals surface area (Å²) in [7, 11) is 1.62. The highest BCUT2D eigenvalue weighted by Gasteiger charge is 2.10. The molecular formula is C15H16O2. The van der Waals surface area contributed by atoms with E-state index in [1.807, 2.05) is 55.5 Å². The van der Waals surface area contributed by atoms with Gasteiger partial charge >= 0.3 is 0 Å². The summed E-state index contributed by atoms with van der Waals surface area (Å²) >= 11 is 0. The average Bonchev–Trinajstić information content (AvgIpc) is 2.38. The van der Waals surface area contributed by atoms with Gasteiger partial charge in [0.25, 0.3) is 0 Å². The Morgan fingerprint density at radius 3 is 2.29 bits per heavy atom. The third kappa shape index (κ3) is 2.66. The van der Waals surface area contributed by atoms with Gasteiger partial charge in [-0.25, -0.2) is 0 Å². The minimum atomic E-state index is -0.606. The molecular weight excluding hydrogens is 212 g/mol. The highest BCUT2D eigenvalue weighted by Crippen LogP contribution is 2.25. The van der Waals surface area contributed by atoms with E-state index in [-0.39, 0.29) is 0 Å². The Morgan fingerprint density at radius 1 is 1.00 bits per heavy atom. The lowest BCUT2D eigenvalue weighted by Gasteiger charge is -2.13. The van der Waals surface area contributed by atoms with Crippen LogP contribution in [0.25, 0.3) is 0 Å². The summed E-state index contributed by atoms with van der Waals surface area (Å²) in [5, 5.41) is 10.3. The fourth-order valence-electron chi connectivity index (χ4n) is 1.84. The molecule has 2 heteroatoms. The quantitative estimate of drug-likeness (QED) is 0.874. The molecule has 2 aromatic rings. The molecule has 0 heterocycles. The minimum Gasteiger partial charge on any atom is -0.497 e. The van der Waals surface area contributed by atoms with Crippen LogP contribution < -0.4 is 4.74 Å². The Hall–Kier alpha value is -1.80. The molecule has 0 saturated carbocycles. The second-order valence-electron chi connectivity index (χ2n) is 4.09. The molecule has 1 N–H and O–H groups in total. The number of hydrogen-bond donors (Lipinski definition) is 1. The third-order valence-electron chi connectivity index (χ3n) is 2.77. The van der Waals surface area contributed by atoms with E-state index in [9.17, 15) is 5.11 Å². The lowest BCUT2D eigenvalue weighted by Crippen LogP contribution is -2.00. The van der Waals surface area contributed by atoms with Crippen molar-refractivity contribution in [2.45, 2.75) is 13.0 Å². The number of benzene rings is 2. The Morgan fingerprint density at radius 2 is 1.65 bits per heavy atom. The lowest BCUT2D eigenvalue weighted by atomic mass is 10.00. The zero-order valence-corrected chi connectivity index (χ0v) is 10.1. The number of ether oxygens (including phenoxy) is 1. The van der Waals surface area contributed by atoms with Crippen LogP contribution in [0.15, 0.2) is 48.5 Å². The summed E-state index contributed by atoms with van der Waals surface area (Å²) in [6.45, 7) is 2.02. The molecule has 88 valence electrons. The second-order valence-corrected chi connectivity index (χ2v) is 4.09. The van der Waals surface area contributed by atoms with Crippen molar-refractivity contribution in [3.05, 3.63) is 65.2 Å². The minimum absolute atomic E-state index is 0.606. The predicted octanol–water partition coefficient (Wildman–Crippen LogP) is 3.09. The number of aliphatic hydroxyl groups excluding tert-OH is 1. The Kier molecular flexibility index (Phi) is 3.45. The fourth-order valence-corrected chi connectivity index (χ4v) is 1.84.